The van der Waals surface area contributed by atoms with E-state index in [0.717, 1.165) is 31.5 Å². The lowest BCUT2D eigenvalue weighted by Crippen LogP contribution is -2.49. The summed E-state index contributed by atoms with van der Waals surface area (Å²) in [7, 11) is -3.13. The number of ether oxygens (including phenoxy) is 1. The predicted molar refractivity (Wildman–Crippen MR) is 77.4 cm³/mol. The minimum Gasteiger partial charge on any atom is -0.364 e. The monoisotopic (exact) mass is 295 g/mol. The second-order valence-corrected chi connectivity index (χ2v) is 7.98. The Morgan fingerprint density at radius 2 is 1.85 bits per heavy atom. The molecule has 110 valence electrons. The van der Waals surface area contributed by atoms with Crippen molar-refractivity contribution in [1.29, 1.82) is 0 Å². The molecule has 2 fully saturated rings. The normalized spacial score (nSPS) is 25.9. The third kappa shape index (κ3) is 2.75. The van der Waals surface area contributed by atoms with Gasteiger partial charge in [-0.25, -0.2) is 8.42 Å². The minimum absolute atomic E-state index is 0.00157. The fourth-order valence-corrected chi connectivity index (χ4v) is 3.88. The van der Waals surface area contributed by atoms with Gasteiger partial charge in [0.05, 0.1) is 16.6 Å². The first-order valence-corrected chi connectivity index (χ1v) is 9.06. The van der Waals surface area contributed by atoms with Crippen LogP contribution in [0.2, 0.25) is 0 Å². The molecule has 2 aliphatic rings. The number of nitrogens with one attached hydrogen (secondary N) is 1. The summed E-state index contributed by atoms with van der Waals surface area (Å²) in [6.07, 6.45) is 5.97. The minimum atomic E-state index is -3.13. The molecule has 1 atom stereocenters. The van der Waals surface area contributed by atoms with Gasteiger partial charge in [0.25, 0.3) is 0 Å². The Bertz CT molecular complexity index is 574. The maximum atomic E-state index is 11.5. The molecule has 1 aromatic carbocycles. The van der Waals surface area contributed by atoms with E-state index in [4.69, 9.17) is 4.74 Å². The van der Waals surface area contributed by atoms with Gasteiger partial charge in [-0.05, 0) is 30.5 Å². The molecule has 3 rings (SSSR count). The standard InChI is InChI=1S/C15H21NO3S/c1-20(17,18)13-6-4-12(5-7-13)14-10-16-11-15(19-14)8-2-3-9-15/h4-7,14,16H,2-3,8-11H2,1H3. The SMILES string of the molecule is CS(=O)(=O)c1ccc(C2CNCC3(CCCC3)O2)cc1. The highest BCUT2D eigenvalue weighted by Crippen LogP contribution is 2.39. The highest BCUT2D eigenvalue weighted by atomic mass is 32.2. The zero-order valence-electron chi connectivity index (χ0n) is 11.8. The molecule has 0 amide bonds. The van der Waals surface area contributed by atoms with Crippen molar-refractivity contribution in [2.75, 3.05) is 19.3 Å². The van der Waals surface area contributed by atoms with E-state index in [9.17, 15) is 8.42 Å². The molecule has 20 heavy (non-hydrogen) atoms. The predicted octanol–water partition coefficient (Wildman–Crippen LogP) is 2.06. The molecule has 1 spiro atoms. The van der Waals surface area contributed by atoms with Gasteiger partial charge in [-0.3, -0.25) is 0 Å². The highest BCUT2D eigenvalue weighted by molar-refractivity contribution is 7.90. The third-order valence-electron chi connectivity index (χ3n) is 4.36. The largest absolute Gasteiger partial charge is 0.364 e. The molecule has 0 aromatic heterocycles. The second-order valence-electron chi connectivity index (χ2n) is 5.97. The van der Waals surface area contributed by atoms with Crippen LogP contribution < -0.4 is 5.32 Å². The Balaban J connectivity index is 1.79. The Morgan fingerprint density at radius 3 is 2.45 bits per heavy atom. The van der Waals surface area contributed by atoms with Crippen LogP contribution in [0.1, 0.15) is 37.4 Å². The molecule has 5 heteroatoms. The van der Waals surface area contributed by atoms with E-state index >= 15 is 0 Å². The van der Waals surface area contributed by atoms with Gasteiger partial charge < -0.3 is 10.1 Å². The number of hydrogen-bond donors (Lipinski definition) is 1. The highest BCUT2D eigenvalue weighted by Gasteiger charge is 2.40. The molecule has 1 aliphatic carbocycles. The summed E-state index contributed by atoms with van der Waals surface area (Å²) in [6.45, 7) is 1.73. The molecule has 0 bridgehead atoms. The fraction of sp³-hybridized carbons (Fsp3) is 0.600. The number of benzene rings is 1. The van der Waals surface area contributed by atoms with Gasteiger partial charge in [0.2, 0.25) is 0 Å². The van der Waals surface area contributed by atoms with Gasteiger partial charge in [-0.1, -0.05) is 25.0 Å². The van der Waals surface area contributed by atoms with Crippen molar-refractivity contribution in [2.24, 2.45) is 0 Å². The molecule has 1 N–H and O–H groups in total. The van der Waals surface area contributed by atoms with Crippen molar-refractivity contribution in [2.45, 2.75) is 42.3 Å². The Morgan fingerprint density at radius 1 is 1.20 bits per heavy atom. The first-order chi connectivity index (χ1) is 9.49. The first kappa shape index (κ1) is 14.0. The van der Waals surface area contributed by atoms with Gasteiger partial charge in [-0.15, -0.1) is 0 Å². The van der Waals surface area contributed by atoms with Crippen LogP contribution >= 0.6 is 0 Å². The average molecular weight is 295 g/mol. The van der Waals surface area contributed by atoms with Crippen LogP contribution in [-0.4, -0.2) is 33.4 Å². The summed E-state index contributed by atoms with van der Waals surface area (Å²) in [5.74, 6) is 0. The quantitative estimate of drug-likeness (QED) is 0.907. The van der Waals surface area contributed by atoms with E-state index in [1.807, 2.05) is 12.1 Å². The van der Waals surface area contributed by atoms with Crippen molar-refractivity contribution in [1.82, 2.24) is 5.32 Å². The fourth-order valence-electron chi connectivity index (χ4n) is 3.25. The zero-order chi connectivity index (χ0) is 14.2. The van der Waals surface area contributed by atoms with E-state index in [0.29, 0.717) is 4.90 Å². The van der Waals surface area contributed by atoms with Crippen LogP contribution in [0, 0.1) is 0 Å². The molecule has 1 saturated heterocycles. The molecule has 1 saturated carbocycles. The van der Waals surface area contributed by atoms with Crippen LogP contribution in [0.3, 0.4) is 0 Å². The maximum Gasteiger partial charge on any atom is 0.175 e. The van der Waals surface area contributed by atoms with E-state index in [1.54, 1.807) is 12.1 Å². The van der Waals surface area contributed by atoms with Crippen LogP contribution in [0.4, 0.5) is 0 Å². The molecule has 1 heterocycles. The average Bonchev–Trinajstić information content (AvgIpc) is 2.86. The summed E-state index contributed by atoms with van der Waals surface area (Å²) in [6, 6.07) is 7.08. The molecule has 1 aliphatic heterocycles. The van der Waals surface area contributed by atoms with E-state index in [1.165, 1.54) is 19.1 Å². The summed E-state index contributed by atoms with van der Waals surface area (Å²) in [5.41, 5.74) is 1.05. The van der Waals surface area contributed by atoms with E-state index < -0.39 is 9.84 Å². The van der Waals surface area contributed by atoms with Crippen LogP contribution in [0.5, 0.6) is 0 Å². The summed E-state index contributed by atoms with van der Waals surface area (Å²) in [4.78, 5) is 0.362. The molecule has 0 radical (unpaired) electrons. The molecular weight excluding hydrogens is 274 g/mol. The zero-order valence-corrected chi connectivity index (χ0v) is 12.6. The van der Waals surface area contributed by atoms with Crippen LogP contribution in [0.15, 0.2) is 29.2 Å². The lowest BCUT2D eigenvalue weighted by molar-refractivity contribution is -0.114. The van der Waals surface area contributed by atoms with Crippen LogP contribution in [-0.2, 0) is 14.6 Å². The van der Waals surface area contributed by atoms with Crippen LogP contribution in [0.25, 0.3) is 0 Å². The Hall–Kier alpha value is -0.910. The summed E-state index contributed by atoms with van der Waals surface area (Å²) < 4.78 is 29.3. The summed E-state index contributed by atoms with van der Waals surface area (Å²) in [5, 5.41) is 3.47. The molecule has 4 nitrogen and oxygen atoms in total. The van der Waals surface area contributed by atoms with Gasteiger partial charge in [-0.2, -0.15) is 0 Å². The molecule has 1 unspecified atom stereocenters. The molecular formula is C15H21NO3S. The van der Waals surface area contributed by atoms with Gasteiger partial charge in [0.1, 0.15) is 0 Å². The maximum absolute atomic E-state index is 11.5. The van der Waals surface area contributed by atoms with E-state index in [2.05, 4.69) is 5.32 Å². The van der Waals surface area contributed by atoms with Crippen molar-refractivity contribution >= 4 is 9.84 Å². The lowest BCUT2D eigenvalue weighted by atomic mass is 9.97. The summed E-state index contributed by atoms with van der Waals surface area (Å²) >= 11 is 0. The lowest BCUT2D eigenvalue weighted by Gasteiger charge is -2.39. The number of rotatable bonds is 2. The van der Waals surface area contributed by atoms with Crippen molar-refractivity contribution in [3.8, 4) is 0 Å². The van der Waals surface area contributed by atoms with E-state index in [-0.39, 0.29) is 11.7 Å². The van der Waals surface area contributed by atoms with Crippen molar-refractivity contribution in [3.63, 3.8) is 0 Å². The Kier molecular flexibility index (Phi) is 3.60. The second kappa shape index (κ2) is 5.13. The topological polar surface area (TPSA) is 55.4 Å². The Labute approximate surface area is 120 Å². The third-order valence-corrected chi connectivity index (χ3v) is 5.49. The number of hydrogen-bond acceptors (Lipinski definition) is 4. The van der Waals surface area contributed by atoms with Gasteiger partial charge >= 0.3 is 0 Å². The first-order valence-electron chi connectivity index (χ1n) is 7.17. The van der Waals surface area contributed by atoms with Crippen molar-refractivity contribution < 1.29 is 13.2 Å². The smallest absolute Gasteiger partial charge is 0.175 e. The molecule has 1 aromatic rings. The number of morpholine rings is 1. The van der Waals surface area contributed by atoms with Gasteiger partial charge in [0.15, 0.2) is 9.84 Å². The number of sulfone groups is 1. The van der Waals surface area contributed by atoms with Gasteiger partial charge in [0, 0.05) is 19.3 Å². The van der Waals surface area contributed by atoms with Crippen molar-refractivity contribution in [3.05, 3.63) is 29.8 Å².